The average Bonchev–Trinajstić information content (AvgIpc) is 2.63. The van der Waals surface area contributed by atoms with Crippen molar-refractivity contribution in [2.75, 3.05) is 26.2 Å². The maximum atomic E-state index is 12.5. The van der Waals surface area contributed by atoms with E-state index < -0.39 is 0 Å². The zero-order valence-corrected chi connectivity index (χ0v) is 15.6. The molecular weight excluding hydrogens is 324 g/mol. The van der Waals surface area contributed by atoms with Gasteiger partial charge in [0.2, 0.25) is 11.8 Å². The topological polar surface area (TPSA) is 40.6 Å². The first-order valence-electron chi connectivity index (χ1n) is 9.19. The second-order valence-corrected chi connectivity index (χ2v) is 6.98. The highest BCUT2D eigenvalue weighted by atomic mass is 16.2. The van der Waals surface area contributed by atoms with Crippen LogP contribution in [-0.2, 0) is 22.4 Å². The fourth-order valence-electron chi connectivity index (χ4n) is 3.40. The van der Waals surface area contributed by atoms with Gasteiger partial charge in [-0.15, -0.1) is 0 Å². The van der Waals surface area contributed by atoms with E-state index in [0.717, 1.165) is 12.8 Å². The Morgan fingerprint density at radius 2 is 1.08 bits per heavy atom. The zero-order chi connectivity index (χ0) is 18.5. The van der Waals surface area contributed by atoms with Gasteiger partial charge in [0, 0.05) is 13.1 Å². The van der Waals surface area contributed by atoms with Crippen molar-refractivity contribution in [2.45, 2.75) is 26.7 Å². The summed E-state index contributed by atoms with van der Waals surface area (Å²) in [7, 11) is 0. The SMILES string of the molecule is Cc1ccccc1CCN1CC(=O)N(CCc2ccccc2C)CC1=O. The predicted molar refractivity (Wildman–Crippen MR) is 103 cm³/mol. The van der Waals surface area contributed by atoms with Gasteiger partial charge in [-0.2, -0.15) is 0 Å². The third kappa shape index (κ3) is 4.31. The molecule has 1 fully saturated rings. The van der Waals surface area contributed by atoms with Crippen LogP contribution in [0.3, 0.4) is 0 Å². The van der Waals surface area contributed by atoms with Gasteiger partial charge in [0.05, 0.1) is 13.1 Å². The summed E-state index contributed by atoms with van der Waals surface area (Å²) in [6.45, 7) is 5.73. The van der Waals surface area contributed by atoms with Crippen LogP contribution in [0.2, 0.25) is 0 Å². The molecule has 0 bridgehead atoms. The lowest BCUT2D eigenvalue weighted by atomic mass is 10.0. The summed E-state index contributed by atoms with van der Waals surface area (Å²) < 4.78 is 0. The number of hydrogen-bond acceptors (Lipinski definition) is 2. The standard InChI is InChI=1S/C22H26N2O2/c1-17-7-3-5-9-19(17)11-13-23-15-22(26)24(16-21(23)25)14-12-20-10-6-4-8-18(20)2/h3-10H,11-16H2,1-2H3. The van der Waals surface area contributed by atoms with E-state index in [2.05, 4.69) is 38.1 Å². The number of rotatable bonds is 6. The molecule has 1 aliphatic heterocycles. The van der Waals surface area contributed by atoms with Crippen molar-refractivity contribution in [3.8, 4) is 0 Å². The van der Waals surface area contributed by atoms with Crippen LogP contribution in [0.25, 0.3) is 0 Å². The monoisotopic (exact) mass is 350 g/mol. The van der Waals surface area contributed by atoms with Crippen LogP contribution in [0.1, 0.15) is 22.3 Å². The average molecular weight is 350 g/mol. The number of benzene rings is 2. The molecule has 0 unspecified atom stereocenters. The van der Waals surface area contributed by atoms with Crippen LogP contribution in [-0.4, -0.2) is 47.8 Å². The highest BCUT2D eigenvalue weighted by molar-refractivity contribution is 5.92. The van der Waals surface area contributed by atoms with Gasteiger partial charge < -0.3 is 9.80 Å². The minimum absolute atomic E-state index is 0.0444. The quantitative estimate of drug-likeness (QED) is 0.804. The molecule has 2 aromatic carbocycles. The Morgan fingerprint density at radius 1 is 0.692 bits per heavy atom. The van der Waals surface area contributed by atoms with Crippen molar-refractivity contribution >= 4 is 11.8 Å². The van der Waals surface area contributed by atoms with Crippen molar-refractivity contribution < 1.29 is 9.59 Å². The molecule has 136 valence electrons. The Kier molecular flexibility index (Phi) is 5.71. The molecular formula is C22H26N2O2. The molecule has 2 amide bonds. The molecule has 0 radical (unpaired) electrons. The highest BCUT2D eigenvalue weighted by Gasteiger charge is 2.29. The van der Waals surface area contributed by atoms with E-state index >= 15 is 0 Å². The lowest BCUT2D eigenvalue weighted by Gasteiger charge is -2.34. The number of carbonyl (C=O) groups excluding carboxylic acids is 2. The fraction of sp³-hybridized carbons (Fsp3) is 0.364. The summed E-state index contributed by atoms with van der Waals surface area (Å²) >= 11 is 0. The Hall–Kier alpha value is -2.62. The van der Waals surface area contributed by atoms with Gasteiger partial charge in [-0.3, -0.25) is 9.59 Å². The van der Waals surface area contributed by atoms with Crippen molar-refractivity contribution in [3.63, 3.8) is 0 Å². The van der Waals surface area contributed by atoms with E-state index in [1.165, 1.54) is 22.3 Å². The molecule has 4 nitrogen and oxygen atoms in total. The van der Waals surface area contributed by atoms with Crippen LogP contribution < -0.4 is 0 Å². The van der Waals surface area contributed by atoms with Crippen molar-refractivity contribution in [1.82, 2.24) is 9.80 Å². The first kappa shape index (κ1) is 18.2. The van der Waals surface area contributed by atoms with Gasteiger partial charge in [-0.25, -0.2) is 0 Å². The molecule has 1 saturated heterocycles. The third-order valence-corrected chi connectivity index (χ3v) is 5.18. The maximum absolute atomic E-state index is 12.5. The van der Waals surface area contributed by atoms with E-state index in [9.17, 15) is 9.59 Å². The van der Waals surface area contributed by atoms with E-state index in [1.54, 1.807) is 9.80 Å². The minimum atomic E-state index is 0.0444. The molecule has 1 heterocycles. The zero-order valence-electron chi connectivity index (χ0n) is 15.6. The smallest absolute Gasteiger partial charge is 0.242 e. The summed E-state index contributed by atoms with van der Waals surface area (Å²) in [5, 5.41) is 0. The number of amides is 2. The summed E-state index contributed by atoms with van der Waals surface area (Å²) in [6.07, 6.45) is 1.57. The second kappa shape index (κ2) is 8.17. The Labute approximate surface area is 155 Å². The third-order valence-electron chi connectivity index (χ3n) is 5.18. The summed E-state index contributed by atoms with van der Waals surface area (Å²) in [5.74, 6) is 0.0888. The lowest BCUT2D eigenvalue weighted by molar-refractivity contribution is -0.150. The second-order valence-electron chi connectivity index (χ2n) is 6.98. The van der Waals surface area contributed by atoms with Gasteiger partial charge >= 0.3 is 0 Å². The van der Waals surface area contributed by atoms with E-state index in [0.29, 0.717) is 13.1 Å². The molecule has 0 saturated carbocycles. The van der Waals surface area contributed by atoms with E-state index in [1.807, 2.05) is 24.3 Å². The first-order valence-corrected chi connectivity index (χ1v) is 9.19. The van der Waals surface area contributed by atoms with Crippen LogP contribution in [0, 0.1) is 13.8 Å². The predicted octanol–water partition coefficient (Wildman–Crippen LogP) is 2.76. The van der Waals surface area contributed by atoms with Crippen LogP contribution in [0.15, 0.2) is 48.5 Å². The van der Waals surface area contributed by atoms with Gasteiger partial charge in [0.25, 0.3) is 0 Å². The molecule has 3 rings (SSSR count). The van der Waals surface area contributed by atoms with Gasteiger partial charge in [-0.1, -0.05) is 48.5 Å². The summed E-state index contributed by atoms with van der Waals surface area (Å²) in [6, 6.07) is 16.4. The Balaban J connectivity index is 1.54. The van der Waals surface area contributed by atoms with Gasteiger partial charge in [-0.05, 0) is 48.9 Å². The van der Waals surface area contributed by atoms with Crippen molar-refractivity contribution in [2.24, 2.45) is 0 Å². The largest absolute Gasteiger partial charge is 0.332 e. The number of aryl methyl sites for hydroxylation is 2. The first-order chi connectivity index (χ1) is 12.5. The molecule has 0 N–H and O–H groups in total. The van der Waals surface area contributed by atoms with Crippen molar-refractivity contribution in [1.29, 1.82) is 0 Å². The number of carbonyl (C=O) groups is 2. The van der Waals surface area contributed by atoms with E-state index in [-0.39, 0.29) is 24.9 Å². The molecule has 2 aromatic rings. The fourth-order valence-corrected chi connectivity index (χ4v) is 3.40. The Morgan fingerprint density at radius 3 is 1.46 bits per heavy atom. The summed E-state index contributed by atoms with van der Waals surface area (Å²) in [5.41, 5.74) is 4.91. The van der Waals surface area contributed by atoms with Gasteiger partial charge in [0.1, 0.15) is 0 Å². The molecule has 0 atom stereocenters. The number of hydrogen-bond donors (Lipinski definition) is 0. The highest BCUT2D eigenvalue weighted by Crippen LogP contribution is 2.13. The molecule has 0 spiro atoms. The van der Waals surface area contributed by atoms with Crippen molar-refractivity contribution in [3.05, 3.63) is 70.8 Å². The molecule has 1 aliphatic rings. The molecule has 0 aliphatic carbocycles. The molecule has 4 heteroatoms. The normalized spacial score (nSPS) is 14.8. The molecule has 26 heavy (non-hydrogen) atoms. The molecule has 0 aromatic heterocycles. The van der Waals surface area contributed by atoms with Gasteiger partial charge in [0.15, 0.2) is 0 Å². The summed E-state index contributed by atoms with van der Waals surface area (Å²) in [4.78, 5) is 28.3. The lowest BCUT2D eigenvalue weighted by Crippen LogP contribution is -2.54. The minimum Gasteiger partial charge on any atom is -0.332 e. The van der Waals surface area contributed by atoms with E-state index in [4.69, 9.17) is 0 Å². The number of piperazine rings is 1. The maximum Gasteiger partial charge on any atom is 0.242 e. The number of nitrogens with zero attached hydrogens (tertiary/aromatic N) is 2. The van der Waals surface area contributed by atoms with Crippen LogP contribution in [0.4, 0.5) is 0 Å². The van der Waals surface area contributed by atoms with Crippen LogP contribution >= 0.6 is 0 Å². The van der Waals surface area contributed by atoms with Crippen LogP contribution in [0.5, 0.6) is 0 Å². The Bertz CT molecular complexity index is 733.